The summed E-state index contributed by atoms with van der Waals surface area (Å²) in [6, 6.07) is 8.75. The Morgan fingerprint density at radius 1 is 1.06 bits per heavy atom. The van der Waals surface area contributed by atoms with E-state index < -0.39 is 21.8 Å². The minimum Gasteiger partial charge on any atom is -0.457 e. The minimum atomic E-state index is -4.44. The summed E-state index contributed by atoms with van der Waals surface area (Å²) < 4.78 is 73.2. The average molecular weight is 451 g/mol. The van der Waals surface area contributed by atoms with Gasteiger partial charge in [0, 0.05) is 23.4 Å². The maximum atomic E-state index is 12.8. The molecule has 31 heavy (non-hydrogen) atoms. The van der Waals surface area contributed by atoms with Gasteiger partial charge in [-0.25, -0.2) is 13.1 Å². The van der Waals surface area contributed by atoms with Crippen LogP contribution in [0.1, 0.15) is 24.1 Å². The molecule has 0 saturated carbocycles. The SMILES string of the molecule is CNS(=O)(=O)c1ccc(Oc2ccc(C(F)(F)F)cc2)c(-c2cnn3c2CCCC3)c1. The molecule has 164 valence electrons. The lowest BCUT2D eigenvalue weighted by atomic mass is 10.0. The number of rotatable bonds is 5. The van der Waals surface area contributed by atoms with E-state index in [0.717, 1.165) is 49.2 Å². The van der Waals surface area contributed by atoms with Crippen LogP contribution in [0, 0.1) is 0 Å². The fourth-order valence-corrected chi connectivity index (χ4v) is 4.33. The van der Waals surface area contributed by atoms with Crippen molar-refractivity contribution in [3.8, 4) is 22.6 Å². The topological polar surface area (TPSA) is 73.2 Å². The number of halogens is 3. The highest BCUT2D eigenvalue weighted by Crippen LogP contribution is 2.39. The molecule has 2 aromatic carbocycles. The molecule has 0 amide bonds. The number of hydrogen-bond donors (Lipinski definition) is 1. The Balaban J connectivity index is 1.78. The monoisotopic (exact) mass is 451 g/mol. The van der Waals surface area contributed by atoms with E-state index in [4.69, 9.17) is 4.74 Å². The second-order valence-corrected chi connectivity index (χ2v) is 9.06. The number of nitrogens with zero attached hydrogens (tertiary/aromatic N) is 2. The first kappa shape index (κ1) is 21.4. The van der Waals surface area contributed by atoms with Gasteiger partial charge in [0.15, 0.2) is 0 Å². The van der Waals surface area contributed by atoms with Crippen molar-refractivity contribution < 1.29 is 26.3 Å². The van der Waals surface area contributed by atoms with Gasteiger partial charge in [0.1, 0.15) is 11.5 Å². The Labute approximate surface area is 177 Å². The van der Waals surface area contributed by atoms with Crippen molar-refractivity contribution in [1.29, 1.82) is 0 Å². The molecule has 0 saturated heterocycles. The Morgan fingerprint density at radius 2 is 1.81 bits per heavy atom. The third-order valence-corrected chi connectivity index (χ3v) is 6.62. The Kier molecular flexibility index (Phi) is 5.52. The van der Waals surface area contributed by atoms with Crippen molar-refractivity contribution in [1.82, 2.24) is 14.5 Å². The summed E-state index contributed by atoms with van der Waals surface area (Å²) in [6.45, 7) is 0.777. The van der Waals surface area contributed by atoms with Crippen LogP contribution in [0.4, 0.5) is 13.2 Å². The minimum absolute atomic E-state index is 0.0560. The first-order valence-corrected chi connectivity index (χ1v) is 11.1. The van der Waals surface area contributed by atoms with E-state index >= 15 is 0 Å². The number of aryl methyl sites for hydroxylation is 1. The molecule has 0 unspecified atom stereocenters. The van der Waals surface area contributed by atoms with Crippen LogP contribution in [0.2, 0.25) is 0 Å². The average Bonchev–Trinajstić information content (AvgIpc) is 3.18. The summed E-state index contributed by atoms with van der Waals surface area (Å²) in [5.41, 5.74) is 1.46. The van der Waals surface area contributed by atoms with Gasteiger partial charge in [-0.05, 0) is 68.8 Å². The largest absolute Gasteiger partial charge is 0.457 e. The van der Waals surface area contributed by atoms with E-state index in [1.807, 2.05) is 4.68 Å². The van der Waals surface area contributed by atoms with Gasteiger partial charge in [0.2, 0.25) is 10.0 Å². The zero-order chi connectivity index (χ0) is 22.2. The lowest BCUT2D eigenvalue weighted by molar-refractivity contribution is -0.137. The number of alkyl halides is 3. The third-order valence-electron chi connectivity index (χ3n) is 5.21. The van der Waals surface area contributed by atoms with Crippen LogP contribution in [0.5, 0.6) is 11.5 Å². The fourth-order valence-electron chi connectivity index (χ4n) is 3.58. The third kappa shape index (κ3) is 4.31. The second-order valence-electron chi connectivity index (χ2n) is 7.17. The van der Waals surface area contributed by atoms with Gasteiger partial charge in [0.05, 0.1) is 16.7 Å². The van der Waals surface area contributed by atoms with Crippen molar-refractivity contribution in [2.24, 2.45) is 0 Å². The van der Waals surface area contributed by atoms with E-state index in [2.05, 4.69) is 9.82 Å². The van der Waals surface area contributed by atoms with Crippen molar-refractivity contribution >= 4 is 10.0 Å². The van der Waals surface area contributed by atoms with Gasteiger partial charge in [0.25, 0.3) is 0 Å². The molecule has 2 heterocycles. The fraction of sp³-hybridized carbons (Fsp3) is 0.286. The Morgan fingerprint density at radius 3 is 2.48 bits per heavy atom. The summed E-state index contributed by atoms with van der Waals surface area (Å²) in [5, 5.41) is 4.40. The number of nitrogens with one attached hydrogen (secondary N) is 1. The lowest BCUT2D eigenvalue weighted by Crippen LogP contribution is -2.18. The van der Waals surface area contributed by atoms with Crippen LogP contribution < -0.4 is 9.46 Å². The van der Waals surface area contributed by atoms with Crippen molar-refractivity contribution in [2.45, 2.75) is 36.9 Å². The molecule has 0 spiro atoms. The van der Waals surface area contributed by atoms with Crippen LogP contribution in [0.15, 0.2) is 53.6 Å². The standard InChI is InChI=1S/C21H20F3N3O3S/c1-25-31(28,29)16-9-10-20(30-15-7-5-14(6-8-15)21(22,23)24)17(12-16)18-13-26-27-11-3-2-4-19(18)27/h5-10,12-13,25H,2-4,11H2,1H3. The molecule has 6 nitrogen and oxygen atoms in total. The maximum Gasteiger partial charge on any atom is 0.416 e. The van der Waals surface area contributed by atoms with Crippen LogP contribution in [0.25, 0.3) is 11.1 Å². The first-order chi connectivity index (χ1) is 14.7. The molecule has 0 fully saturated rings. The van der Waals surface area contributed by atoms with Gasteiger partial charge in [-0.3, -0.25) is 4.68 Å². The highest BCUT2D eigenvalue weighted by atomic mass is 32.2. The van der Waals surface area contributed by atoms with Crippen molar-refractivity contribution in [3.63, 3.8) is 0 Å². The maximum absolute atomic E-state index is 12.8. The van der Waals surface area contributed by atoms with Crippen LogP contribution >= 0.6 is 0 Å². The number of fused-ring (bicyclic) bond motifs is 1. The van der Waals surface area contributed by atoms with Gasteiger partial charge >= 0.3 is 6.18 Å². The molecular weight excluding hydrogens is 431 g/mol. The molecular formula is C21H20F3N3O3S. The van der Waals surface area contributed by atoms with Gasteiger partial charge in [-0.2, -0.15) is 18.3 Å². The molecule has 1 aliphatic heterocycles. The summed E-state index contributed by atoms with van der Waals surface area (Å²) in [5.74, 6) is 0.538. The van der Waals surface area contributed by atoms with E-state index in [1.165, 1.54) is 37.4 Å². The lowest BCUT2D eigenvalue weighted by Gasteiger charge is -2.17. The Bertz CT molecular complexity index is 1200. The highest BCUT2D eigenvalue weighted by molar-refractivity contribution is 7.89. The number of hydrogen-bond acceptors (Lipinski definition) is 4. The van der Waals surface area contributed by atoms with Crippen molar-refractivity contribution in [3.05, 3.63) is 59.9 Å². The summed E-state index contributed by atoms with van der Waals surface area (Å²) in [4.78, 5) is 0.0560. The van der Waals surface area contributed by atoms with Gasteiger partial charge < -0.3 is 4.74 Å². The van der Waals surface area contributed by atoms with Crippen LogP contribution in [-0.4, -0.2) is 25.2 Å². The van der Waals surface area contributed by atoms with Crippen LogP contribution in [-0.2, 0) is 29.2 Å². The predicted molar refractivity (Wildman–Crippen MR) is 108 cm³/mol. The molecule has 3 aromatic rings. The number of aromatic nitrogens is 2. The van der Waals surface area contributed by atoms with E-state index in [0.29, 0.717) is 11.3 Å². The zero-order valence-corrected chi connectivity index (χ0v) is 17.4. The quantitative estimate of drug-likeness (QED) is 0.615. The highest BCUT2D eigenvalue weighted by Gasteiger charge is 2.30. The van der Waals surface area contributed by atoms with Crippen molar-refractivity contribution in [2.75, 3.05) is 7.05 Å². The number of benzene rings is 2. The normalized spacial score (nSPS) is 14.3. The van der Waals surface area contributed by atoms with E-state index in [9.17, 15) is 21.6 Å². The molecule has 10 heteroatoms. The van der Waals surface area contributed by atoms with Gasteiger partial charge in [-0.15, -0.1) is 0 Å². The van der Waals surface area contributed by atoms with E-state index in [1.54, 1.807) is 6.20 Å². The summed E-state index contributed by atoms with van der Waals surface area (Å²) in [7, 11) is -2.38. The zero-order valence-electron chi connectivity index (χ0n) is 16.6. The molecule has 0 radical (unpaired) electrons. The smallest absolute Gasteiger partial charge is 0.416 e. The van der Waals surface area contributed by atoms with Gasteiger partial charge in [-0.1, -0.05) is 0 Å². The molecule has 1 aliphatic rings. The first-order valence-electron chi connectivity index (χ1n) is 9.67. The number of sulfonamides is 1. The molecule has 1 N–H and O–H groups in total. The second kappa shape index (κ2) is 8.01. The van der Waals surface area contributed by atoms with Crippen LogP contribution in [0.3, 0.4) is 0 Å². The summed E-state index contributed by atoms with van der Waals surface area (Å²) >= 11 is 0. The molecule has 1 aromatic heterocycles. The molecule has 4 rings (SSSR count). The number of ether oxygens (including phenoxy) is 1. The summed E-state index contributed by atoms with van der Waals surface area (Å²) in [6.07, 6.45) is 0.0209. The molecule has 0 aliphatic carbocycles. The Hall–Kier alpha value is -2.85. The predicted octanol–water partition coefficient (Wildman–Crippen LogP) is 4.61. The molecule has 0 bridgehead atoms. The van der Waals surface area contributed by atoms with E-state index in [-0.39, 0.29) is 10.6 Å². The molecule has 0 atom stereocenters.